The Labute approximate surface area is 414 Å². The number of methoxy groups -OCH3 is 1. The van der Waals surface area contributed by atoms with Crippen molar-refractivity contribution in [2.45, 2.75) is 164 Å². The number of carboxylic acid groups (broad SMARTS) is 1. The van der Waals surface area contributed by atoms with Crippen LogP contribution in [0.15, 0.2) is 48.7 Å². The molecule has 6 saturated carbocycles. The minimum absolute atomic E-state index is 0.0593. The lowest BCUT2D eigenvalue weighted by molar-refractivity contribution is -0.284. The van der Waals surface area contributed by atoms with E-state index in [1.807, 2.05) is 19.9 Å². The maximum atomic E-state index is 16.3. The van der Waals surface area contributed by atoms with E-state index in [2.05, 4.69) is 107 Å². The van der Waals surface area contributed by atoms with Gasteiger partial charge in [-0.2, -0.15) is 0 Å². The van der Waals surface area contributed by atoms with Gasteiger partial charge >= 0.3 is 5.97 Å². The number of aliphatic carboxylic acids is 1. The number of aliphatic hydroxyl groups excluding tert-OH is 1. The Hall–Kier alpha value is -3.09. The number of allylic oxidation sites excluding steroid dienone is 1. The molecule has 2 aromatic rings. The molecule has 1 saturated heterocycles. The Morgan fingerprint density at radius 3 is 2.29 bits per heavy atom. The first-order chi connectivity index (χ1) is 32.5. The molecule has 2 heterocycles. The van der Waals surface area contributed by atoms with Crippen molar-refractivity contribution < 1.29 is 34.0 Å². The first kappa shape index (κ1) is 50.8. The average molecular weight is 953 g/mol. The second-order valence-corrected chi connectivity index (χ2v) is 25.8. The van der Waals surface area contributed by atoms with Crippen molar-refractivity contribution in [2.75, 3.05) is 47.5 Å². The van der Waals surface area contributed by atoms with Crippen molar-refractivity contribution in [1.82, 2.24) is 19.4 Å². The van der Waals surface area contributed by atoms with E-state index in [0.29, 0.717) is 62.2 Å². The van der Waals surface area contributed by atoms with Crippen LogP contribution < -0.4 is 0 Å². The van der Waals surface area contributed by atoms with E-state index in [9.17, 15) is 15.0 Å². The normalized spacial score (nSPS) is 40.3. The third-order valence-corrected chi connectivity index (χ3v) is 21.8. The molecule has 0 bridgehead atoms. The van der Waals surface area contributed by atoms with Crippen molar-refractivity contribution in [2.24, 2.45) is 73.9 Å². The molecule has 2 N–H and O–H groups in total. The van der Waals surface area contributed by atoms with Crippen LogP contribution in [0.2, 0.25) is 0 Å². The molecule has 0 spiro atoms. The number of ether oxygens (including phenoxy) is 3. The number of hydrogen-bond acceptors (Lipinski definition) is 8. The molecule has 1 aliphatic heterocycles. The molecule has 1 aromatic heterocycles. The van der Waals surface area contributed by atoms with Gasteiger partial charge in [0, 0.05) is 50.8 Å². The summed E-state index contributed by atoms with van der Waals surface area (Å²) in [6.07, 6.45) is 12.6. The topological polar surface area (TPSA) is 127 Å². The fourth-order valence-corrected chi connectivity index (χ4v) is 17.8. The fraction of sp³-hybridized carbons (Fsp3) is 0.776. The van der Waals surface area contributed by atoms with Gasteiger partial charge in [-0.3, -0.25) is 9.59 Å². The molecular formula is C58H88N4O7. The summed E-state index contributed by atoms with van der Waals surface area (Å²) < 4.78 is 21.0. The van der Waals surface area contributed by atoms with Crippen LogP contribution in [-0.2, 0) is 30.3 Å². The summed E-state index contributed by atoms with van der Waals surface area (Å²) in [6.45, 7) is 26.8. The molecule has 382 valence electrons. The van der Waals surface area contributed by atoms with Crippen LogP contribution >= 0.6 is 0 Å². The van der Waals surface area contributed by atoms with E-state index in [1.54, 1.807) is 7.11 Å². The van der Waals surface area contributed by atoms with E-state index in [1.165, 1.54) is 5.57 Å². The maximum absolute atomic E-state index is 16.3. The number of imidazole rings is 1. The van der Waals surface area contributed by atoms with E-state index >= 15 is 4.79 Å². The maximum Gasteiger partial charge on any atom is 0.307 e. The van der Waals surface area contributed by atoms with Gasteiger partial charge in [0.1, 0.15) is 5.82 Å². The van der Waals surface area contributed by atoms with Crippen molar-refractivity contribution >= 4 is 11.9 Å². The van der Waals surface area contributed by atoms with E-state index in [-0.39, 0.29) is 51.7 Å². The number of benzene rings is 1. The molecule has 7 aliphatic rings. The zero-order valence-corrected chi connectivity index (χ0v) is 44.3. The molecule has 1 aromatic carbocycles. The second kappa shape index (κ2) is 18.4. The van der Waals surface area contributed by atoms with Crippen molar-refractivity contribution in [3.05, 3.63) is 54.5 Å². The van der Waals surface area contributed by atoms with Crippen LogP contribution in [0, 0.1) is 73.9 Å². The number of rotatable bonds is 15. The Balaban J connectivity index is 1.01. The quantitative estimate of drug-likeness (QED) is 0.102. The van der Waals surface area contributed by atoms with Crippen molar-refractivity contribution in [3.8, 4) is 11.3 Å². The number of carbonyl (C=O) groups is 2. The van der Waals surface area contributed by atoms with Crippen LogP contribution in [0.5, 0.6) is 0 Å². The van der Waals surface area contributed by atoms with Gasteiger partial charge in [0.15, 0.2) is 6.29 Å². The van der Waals surface area contributed by atoms with Gasteiger partial charge in [-0.05, 0) is 148 Å². The SMILES string of the molecule is C=C(C)[C@@H]1CCC2(C(=O)N3C[C@H](OCCOC)C[C@H]3c3nc(-c4ccccc4)cn3CCN(C)C)CC[C@]3(C)[C@H](CC[C@@H]4C5(C)CCC(OC(O)C6CC(C(=O)O)C6(C)C)C(C)(C)[C@@H]5CCC43C)[C@@H]12. The second-order valence-electron chi connectivity index (χ2n) is 25.8. The summed E-state index contributed by atoms with van der Waals surface area (Å²) in [6, 6.07) is 10.2. The average Bonchev–Trinajstić information content (AvgIpc) is 4.03. The minimum Gasteiger partial charge on any atom is -0.481 e. The number of carbonyl (C=O) groups excluding carboxylic acids is 1. The largest absolute Gasteiger partial charge is 0.481 e. The first-order valence-corrected chi connectivity index (χ1v) is 27.0. The van der Waals surface area contributed by atoms with Crippen molar-refractivity contribution in [3.63, 3.8) is 0 Å². The predicted octanol–water partition coefficient (Wildman–Crippen LogP) is 10.5. The number of nitrogens with zero attached hydrogens (tertiary/aromatic N) is 4. The van der Waals surface area contributed by atoms with Crippen molar-refractivity contribution in [1.29, 1.82) is 0 Å². The Morgan fingerprint density at radius 2 is 1.62 bits per heavy atom. The number of amides is 1. The molecule has 11 heteroatoms. The Morgan fingerprint density at radius 1 is 0.884 bits per heavy atom. The summed E-state index contributed by atoms with van der Waals surface area (Å²) >= 11 is 0. The number of aliphatic hydroxyl groups is 1. The van der Waals surface area contributed by atoms with Crippen LogP contribution in [0.25, 0.3) is 11.3 Å². The smallest absolute Gasteiger partial charge is 0.307 e. The van der Waals surface area contributed by atoms with E-state index < -0.39 is 29.0 Å². The number of likely N-dealkylation sites (tertiary alicyclic amines) is 1. The molecule has 0 radical (unpaired) electrons. The monoisotopic (exact) mass is 953 g/mol. The van der Waals surface area contributed by atoms with Gasteiger partial charge < -0.3 is 38.8 Å². The van der Waals surface area contributed by atoms with Crippen LogP contribution in [0.4, 0.5) is 0 Å². The molecular weight excluding hydrogens is 865 g/mol. The highest BCUT2D eigenvalue weighted by Gasteiger charge is 2.73. The summed E-state index contributed by atoms with van der Waals surface area (Å²) in [5.74, 6) is 1.77. The summed E-state index contributed by atoms with van der Waals surface area (Å²) in [7, 11) is 5.93. The number of hydrogen-bond donors (Lipinski definition) is 2. The Bertz CT molecular complexity index is 2220. The van der Waals surface area contributed by atoms with Gasteiger partial charge in [-0.25, -0.2) is 4.98 Å². The summed E-state index contributed by atoms with van der Waals surface area (Å²) in [5, 5.41) is 21.4. The highest BCUT2D eigenvalue weighted by atomic mass is 16.6. The third-order valence-electron chi connectivity index (χ3n) is 21.8. The zero-order valence-electron chi connectivity index (χ0n) is 44.3. The molecule has 9 rings (SSSR count). The lowest BCUT2D eigenvalue weighted by atomic mass is 9.32. The standard InChI is InChI=1S/C58H88N4O7/c1-36(2)39-20-25-58(52(66)62-34-38(68-31-30-67-12)32-44(62)49-59-43(37-16-14-13-15-17-37)35-61(49)29-28-60(10)11)27-26-56(8)40(48(39)58)18-19-46-55(7)23-22-47(54(5,6)45(55)21-24-57(46,56)9)69-51(65)42-33-41(50(63)64)53(42,3)4/h13-17,35,38-42,44-48,51,65H,1,18-34H2,2-12H3,(H,63,64)/t38-,39+,40-,41?,42?,44+,45+,46-,47?,48-,51?,55?,56-,57?,58?/m1/s1. The highest BCUT2D eigenvalue weighted by Crippen LogP contribution is 2.78. The lowest BCUT2D eigenvalue weighted by Gasteiger charge is -2.73. The lowest BCUT2D eigenvalue weighted by Crippen LogP contribution is -2.67. The van der Waals surface area contributed by atoms with Crippen LogP contribution in [0.1, 0.15) is 144 Å². The van der Waals surface area contributed by atoms with Gasteiger partial charge in [0.25, 0.3) is 0 Å². The number of fused-ring (bicyclic) bond motifs is 7. The van der Waals surface area contributed by atoms with E-state index in [0.717, 1.165) is 94.4 Å². The molecule has 1 amide bonds. The first-order valence-electron chi connectivity index (χ1n) is 27.0. The minimum atomic E-state index is -0.966. The van der Waals surface area contributed by atoms with Gasteiger partial charge in [-0.15, -0.1) is 0 Å². The zero-order chi connectivity index (χ0) is 49.6. The molecule has 11 nitrogen and oxygen atoms in total. The van der Waals surface area contributed by atoms with E-state index in [4.69, 9.17) is 19.2 Å². The highest BCUT2D eigenvalue weighted by molar-refractivity contribution is 5.85. The van der Waals surface area contributed by atoms with Gasteiger partial charge in [-0.1, -0.05) is 91.0 Å². The molecule has 7 fully saturated rings. The van der Waals surface area contributed by atoms with Gasteiger partial charge in [0.05, 0.1) is 48.5 Å². The number of aromatic nitrogens is 2. The fourth-order valence-electron chi connectivity index (χ4n) is 17.8. The third kappa shape index (κ3) is 8.12. The number of carboxylic acids is 1. The van der Waals surface area contributed by atoms with Gasteiger partial charge in [0.2, 0.25) is 5.91 Å². The molecule has 7 unspecified atom stereocenters. The van der Waals surface area contributed by atoms with Crippen LogP contribution in [-0.4, -0.2) is 107 Å². The predicted molar refractivity (Wildman–Crippen MR) is 270 cm³/mol. The number of likely N-dealkylation sites (N-methyl/N-ethyl adjacent to an activating group) is 1. The molecule has 69 heavy (non-hydrogen) atoms. The molecule has 6 aliphatic carbocycles. The van der Waals surface area contributed by atoms with Crippen LogP contribution in [0.3, 0.4) is 0 Å². The Kier molecular flexibility index (Phi) is 13.6. The molecule has 15 atom stereocenters. The summed E-state index contributed by atoms with van der Waals surface area (Å²) in [5.41, 5.74) is 2.39. The summed E-state index contributed by atoms with van der Waals surface area (Å²) in [4.78, 5) is 38.1.